The lowest BCUT2D eigenvalue weighted by molar-refractivity contribution is 0.0690. The first-order valence-electron chi connectivity index (χ1n) is 6.66. The van der Waals surface area contributed by atoms with Crippen LogP contribution in [0, 0.1) is 0 Å². The molecule has 1 unspecified atom stereocenters. The van der Waals surface area contributed by atoms with Gasteiger partial charge in [-0.1, -0.05) is 30.4 Å². The van der Waals surface area contributed by atoms with Crippen LogP contribution in [-0.4, -0.2) is 27.3 Å². The highest BCUT2D eigenvalue weighted by Gasteiger charge is 2.19. The van der Waals surface area contributed by atoms with E-state index in [9.17, 15) is 9.90 Å². The maximum atomic E-state index is 11.4. The molecule has 0 amide bonds. The molecular weight excluding hydrogens is 254 g/mol. The summed E-state index contributed by atoms with van der Waals surface area (Å²) in [6, 6.07) is 7.69. The molecule has 2 aromatic rings. The minimum Gasteiger partial charge on any atom is -0.476 e. The summed E-state index contributed by atoms with van der Waals surface area (Å²) in [6.07, 6.45) is 7.18. The van der Waals surface area contributed by atoms with Crippen LogP contribution in [0.3, 0.4) is 0 Å². The van der Waals surface area contributed by atoms with Gasteiger partial charge in [-0.05, 0) is 25.3 Å². The largest absolute Gasteiger partial charge is 0.476 e. The van der Waals surface area contributed by atoms with E-state index in [0.29, 0.717) is 11.2 Å². The standard InChI is InChI=1S/C15H15N3O2/c19-15(20)14-13(16-10-6-2-1-3-7-10)11-8-4-5-9-12(11)17-18-14/h1-2,4-5,8-10H,3,6-7H2,(H,16,17)(H,19,20). The van der Waals surface area contributed by atoms with E-state index in [1.807, 2.05) is 24.3 Å². The van der Waals surface area contributed by atoms with E-state index in [1.165, 1.54) is 0 Å². The van der Waals surface area contributed by atoms with Crippen molar-refractivity contribution >= 4 is 22.6 Å². The van der Waals surface area contributed by atoms with Crippen LogP contribution in [-0.2, 0) is 0 Å². The predicted molar refractivity (Wildman–Crippen MR) is 76.9 cm³/mol. The number of anilines is 1. The van der Waals surface area contributed by atoms with E-state index in [2.05, 4.69) is 27.7 Å². The van der Waals surface area contributed by atoms with Gasteiger partial charge in [0.25, 0.3) is 0 Å². The van der Waals surface area contributed by atoms with Crippen LogP contribution in [0.15, 0.2) is 36.4 Å². The molecule has 1 aromatic carbocycles. The Labute approximate surface area is 116 Å². The molecule has 0 aliphatic heterocycles. The van der Waals surface area contributed by atoms with E-state index in [4.69, 9.17) is 0 Å². The van der Waals surface area contributed by atoms with E-state index < -0.39 is 5.97 Å². The van der Waals surface area contributed by atoms with Gasteiger partial charge in [-0.25, -0.2) is 4.79 Å². The lowest BCUT2D eigenvalue weighted by Crippen LogP contribution is -2.22. The molecule has 0 saturated heterocycles. The van der Waals surface area contributed by atoms with Crippen molar-refractivity contribution in [1.82, 2.24) is 10.2 Å². The number of hydrogen-bond acceptors (Lipinski definition) is 4. The number of carboxylic acid groups (broad SMARTS) is 1. The fraction of sp³-hybridized carbons (Fsp3) is 0.267. The number of allylic oxidation sites excluding steroid dienone is 1. The summed E-state index contributed by atoms with van der Waals surface area (Å²) in [7, 11) is 0. The van der Waals surface area contributed by atoms with Crippen LogP contribution in [0.1, 0.15) is 29.8 Å². The fourth-order valence-corrected chi connectivity index (χ4v) is 2.48. The Morgan fingerprint density at radius 2 is 2.10 bits per heavy atom. The van der Waals surface area contributed by atoms with Crippen LogP contribution in [0.4, 0.5) is 5.69 Å². The number of nitrogens with one attached hydrogen (secondary N) is 1. The maximum Gasteiger partial charge on any atom is 0.358 e. The second-order valence-electron chi connectivity index (χ2n) is 4.87. The van der Waals surface area contributed by atoms with Crippen LogP contribution < -0.4 is 5.32 Å². The summed E-state index contributed by atoms with van der Waals surface area (Å²) < 4.78 is 0. The number of aromatic carboxylic acids is 1. The SMILES string of the molecule is O=C(O)c1nnc2ccccc2c1NC1CC=CCC1. The van der Waals surface area contributed by atoms with Crippen molar-refractivity contribution in [1.29, 1.82) is 0 Å². The number of carbonyl (C=O) groups is 1. The predicted octanol–water partition coefficient (Wildman–Crippen LogP) is 2.85. The molecule has 20 heavy (non-hydrogen) atoms. The number of nitrogens with zero attached hydrogens (tertiary/aromatic N) is 2. The number of hydrogen-bond donors (Lipinski definition) is 2. The van der Waals surface area contributed by atoms with E-state index in [0.717, 1.165) is 24.6 Å². The van der Waals surface area contributed by atoms with Crippen molar-refractivity contribution in [3.05, 3.63) is 42.1 Å². The van der Waals surface area contributed by atoms with Gasteiger partial charge in [0.15, 0.2) is 5.69 Å². The molecule has 0 radical (unpaired) electrons. The van der Waals surface area contributed by atoms with Gasteiger partial charge in [0, 0.05) is 11.4 Å². The Bertz CT molecular complexity index is 682. The first kappa shape index (κ1) is 12.6. The number of fused-ring (bicyclic) bond motifs is 1. The lowest BCUT2D eigenvalue weighted by Gasteiger charge is -2.22. The average Bonchev–Trinajstić information content (AvgIpc) is 2.48. The molecule has 3 rings (SSSR count). The van der Waals surface area contributed by atoms with Crippen LogP contribution >= 0.6 is 0 Å². The molecule has 0 spiro atoms. The molecule has 5 nitrogen and oxygen atoms in total. The molecule has 0 fully saturated rings. The molecule has 102 valence electrons. The summed E-state index contributed by atoms with van der Waals surface area (Å²) >= 11 is 0. The molecule has 1 heterocycles. The first-order chi connectivity index (χ1) is 9.75. The molecule has 0 saturated carbocycles. The molecule has 0 bridgehead atoms. The van der Waals surface area contributed by atoms with Gasteiger partial charge in [-0.2, -0.15) is 0 Å². The number of rotatable bonds is 3. The summed E-state index contributed by atoms with van der Waals surface area (Å²) in [5.41, 5.74) is 1.26. The number of benzene rings is 1. The van der Waals surface area contributed by atoms with E-state index in [-0.39, 0.29) is 11.7 Å². The Balaban J connectivity index is 2.07. The van der Waals surface area contributed by atoms with E-state index >= 15 is 0 Å². The van der Waals surface area contributed by atoms with Crippen molar-refractivity contribution < 1.29 is 9.90 Å². The monoisotopic (exact) mass is 269 g/mol. The van der Waals surface area contributed by atoms with Crippen molar-refractivity contribution in [2.24, 2.45) is 0 Å². The highest BCUT2D eigenvalue weighted by molar-refractivity contribution is 6.02. The van der Waals surface area contributed by atoms with Gasteiger partial charge < -0.3 is 10.4 Å². The molecule has 5 heteroatoms. The maximum absolute atomic E-state index is 11.4. The number of aromatic nitrogens is 2. The minimum absolute atomic E-state index is 0.0155. The smallest absolute Gasteiger partial charge is 0.358 e. The molecule has 1 aliphatic carbocycles. The summed E-state index contributed by atoms with van der Waals surface area (Å²) in [6.45, 7) is 0. The Hall–Kier alpha value is -2.43. The quantitative estimate of drug-likeness (QED) is 0.838. The zero-order valence-corrected chi connectivity index (χ0v) is 10.9. The Kier molecular flexibility index (Phi) is 3.33. The third-order valence-corrected chi connectivity index (χ3v) is 3.49. The Morgan fingerprint density at radius 1 is 1.25 bits per heavy atom. The van der Waals surface area contributed by atoms with Crippen molar-refractivity contribution in [3.8, 4) is 0 Å². The Morgan fingerprint density at radius 3 is 2.85 bits per heavy atom. The summed E-state index contributed by atoms with van der Waals surface area (Å²) in [5, 5.41) is 21.3. The molecule has 2 N–H and O–H groups in total. The second-order valence-corrected chi connectivity index (χ2v) is 4.87. The van der Waals surface area contributed by atoms with Crippen LogP contribution in [0.5, 0.6) is 0 Å². The zero-order chi connectivity index (χ0) is 13.9. The van der Waals surface area contributed by atoms with Crippen LogP contribution in [0.2, 0.25) is 0 Å². The highest BCUT2D eigenvalue weighted by Crippen LogP contribution is 2.27. The second kappa shape index (κ2) is 5.28. The highest BCUT2D eigenvalue weighted by atomic mass is 16.4. The first-order valence-corrected chi connectivity index (χ1v) is 6.66. The third-order valence-electron chi connectivity index (χ3n) is 3.49. The van der Waals surface area contributed by atoms with Gasteiger partial charge in [-0.15, -0.1) is 10.2 Å². The topological polar surface area (TPSA) is 75.1 Å². The van der Waals surface area contributed by atoms with Gasteiger partial charge in [0.05, 0.1) is 11.2 Å². The van der Waals surface area contributed by atoms with Crippen LogP contribution in [0.25, 0.3) is 10.9 Å². The molecular formula is C15H15N3O2. The minimum atomic E-state index is -1.06. The normalized spacial score (nSPS) is 18.1. The van der Waals surface area contributed by atoms with Gasteiger partial charge in [-0.3, -0.25) is 0 Å². The van der Waals surface area contributed by atoms with Crippen molar-refractivity contribution in [2.75, 3.05) is 5.32 Å². The average molecular weight is 269 g/mol. The molecule has 1 atom stereocenters. The third kappa shape index (κ3) is 2.34. The van der Waals surface area contributed by atoms with Gasteiger partial charge >= 0.3 is 5.97 Å². The summed E-state index contributed by atoms with van der Waals surface area (Å²) in [5.74, 6) is -1.06. The zero-order valence-electron chi connectivity index (χ0n) is 10.9. The molecule has 1 aromatic heterocycles. The van der Waals surface area contributed by atoms with Gasteiger partial charge in [0.1, 0.15) is 0 Å². The van der Waals surface area contributed by atoms with Crippen molar-refractivity contribution in [3.63, 3.8) is 0 Å². The van der Waals surface area contributed by atoms with Crippen molar-refractivity contribution in [2.45, 2.75) is 25.3 Å². The summed E-state index contributed by atoms with van der Waals surface area (Å²) in [4.78, 5) is 11.4. The van der Waals surface area contributed by atoms with E-state index in [1.54, 1.807) is 0 Å². The number of carboxylic acids is 1. The lowest BCUT2D eigenvalue weighted by atomic mass is 10.0. The molecule has 1 aliphatic rings. The fourth-order valence-electron chi connectivity index (χ4n) is 2.48. The van der Waals surface area contributed by atoms with Gasteiger partial charge in [0.2, 0.25) is 0 Å².